The Labute approximate surface area is 489 Å². The number of H-pyrrole nitrogens is 1. The molecule has 5 aromatic heterocycles. The van der Waals surface area contributed by atoms with Crippen molar-refractivity contribution < 1.29 is 57.5 Å². The lowest BCUT2D eigenvalue weighted by atomic mass is 10.1. The Morgan fingerprint density at radius 3 is 1.91 bits per heavy atom. The quantitative estimate of drug-likeness (QED) is 0.0914. The van der Waals surface area contributed by atoms with Crippen LogP contribution in [0.25, 0.3) is 27.6 Å². The molecule has 5 heterocycles. The van der Waals surface area contributed by atoms with Gasteiger partial charge in [-0.15, -0.1) is 0 Å². The number of ether oxygens (including phenoxy) is 2. The van der Waals surface area contributed by atoms with E-state index in [0.717, 1.165) is 12.1 Å². The molecular weight excluding hydrogens is 1180 g/mol. The summed E-state index contributed by atoms with van der Waals surface area (Å²) in [5.41, 5.74) is 2.92. The number of aromatic amines is 1. The molecule has 0 aliphatic heterocycles. The number of hydrogen-bond acceptors (Lipinski definition) is 14. The van der Waals surface area contributed by atoms with Crippen molar-refractivity contribution in [1.82, 2.24) is 39.8 Å². The summed E-state index contributed by atoms with van der Waals surface area (Å²) in [6.07, 6.45) is 4.66. The predicted octanol–water partition coefficient (Wildman–Crippen LogP) is 10.8. The van der Waals surface area contributed by atoms with E-state index in [9.17, 15) is 48.0 Å². The van der Waals surface area contributed by atoms with Gasteiger partial charge in [-0.25, -0.2) is 35.2 Å². The van der Waals surface area contributed by atoms with E-state index in [2.05, 4.69) is 30.5 Å². The number of fused-ring (bicyclic) bond motifs is 3. The van der Waals surface area contributed by atoms with Crippen LogP contribution < -0.4 is 14.8 Å². The topological polar surface area (TPSA) is 242 Å². The number of carbonyl (C=O) groups is 2. The number of halogens is 4. The summed E-state index contributed by atoms with van der Waals surface area (Å²) in [5.74, 6) is -0.135. The Hall–Kier alpha value is -9.49. The summed E-state index contributed by atoms with van der Waals surface area (Å²) in [6.45, 7) is 0.334. The van der Waals surface area contributed by atoms with E-state index in [0.29, 0.717) is 67.2 Å². The molecule has 0 spiro atoms. The van der Waals surface area contributed by atoms with Crippen LogP contribution in [0, 0.1) is 0 Å². The number of benzene rings is 6. The van der Waals surface area contributed by atoms with E-state index >= 15 is 0 Å². The fourth-order valence-corrected chi connectivity index (χ4v) is 13.6. The SMILES string of the molecule is COc1ccc(OC)c(S(=O)(=O)c2ccc(CN(Cc3ccc(S(=O)(=O)c4cccc5cccnc45)cc3)C(=O)c3ccc4nccn4c3)cc2)c1.O=C(NCc1ccc(S(=O)(=O)c2ccc(Cl)cc2C(F)(F)F)cc1)c1cnc2[nH]ncc2c1. The van der Waals surface area contributed by atoms with E-state index in [-0.39, 0.29) is 60.8 Å². The molecular formula is C60H46ClF3N8O10S3. The smallest absolute Gasteiger partial charge is 0.417 e. The molecule has 0 radical (unpaired) electrons. The molecule has 2 N–H and O–H groups in total. The van der Waals surface area contributed by atoms with Crippen molar-refractivity contribution in [3.05, 3.63) is 233 Å². The first-order chi connectivity index (χ1) is 40.6. The number of sulfone groups is 3. The zero-order valence-electron chi connectivity index (χ0n) is 44.6. The Bertz CT molecular complexity index is 4680. The number of rotatable bonds is 16. The van der Waals surface area contributed by atoms with Crippen LogP contribution >= 0.6 is 11.6 Å². The zero-order chi connectivity index (χ0) is 60.3. The molecule has 432 valence electrons. The van der Waals surface area contributed by atoms with Crippen molar-refractivity contribution in [2.75, 3.05) is 14.2 Å². The van der Waals surface area contributed by atoms with E-state index in [1.165, 1.54) is 87.3 Å². The summed E-state index contributed by atoms with van der Waals surface area (Å²) in [7, 11) is -9.48. The molecule has 25 heteroatoms. The molecule has 0 aliphatic carbocycles. The van der Waals surface area contributed by atoms with Gasteiger partial charge in [-0.1, -0.05) is 66.2 Å². The molecule has 11 rings (SSSR count). The maximum Gasteiger partial charge on any atom is 0.417 e. The van der Waals surface area contributed by atoms with Gasteiger partial charge in [-0.05, 0) is 114 Å². The van der Waals surface area contributed by atoms with Crippen molar-refractivity contribution >= 4 is 80.5 Å². The van der Waals surface area contributed by atoms with E-state index in [1.54, 1.807) is 101 Å². The van der Waals surface area contributed by atoms with Gasteiger partial charge in [0.15, 0.2) is 5.65 Å². The maximum atomic E-state index is 14.1. The van der Waals surface area contributed by atoms with Gasteiger partial charge < -0.3 is 24.1 Å². The lowest BCUT2D eigenvalue weighted by molar-refractivity contribution is -0.139. The molecule has 6 aromatic carbocycles. The number of nitrogens with zero attached hydrogens (tertiary/aromatic N) is 6. The molecule has 2 amide bonds. The van der Waals surface area contributed by atoms with Crippen LogP contribution in [-0.2, 0) is 55.3 Å². The van der Waals surface area contributed by atoms with Gasteiger partial charge >= 0.3 is 6.18 Å². The number of pyridine rings is 3. The molecule has 11 aromatic rings. The van der Waals surface area contributed by atoms with Crippen LogP contribution in [0.4, 0.5) is 13.2 Å². The Balaban J connectivity index is 0.000000209. The largest absolute Gasteiger partial charge is 0.497 e. The van der Waals surface area contributed by atoms with Gasteiger partial charge in [0.2, 0.25) is 29.5 Å². The number of nitrogens with one attached hydrogen (secondary N) is 2. The average Bonchev–Trinajstić information content (AvgIpc) is 4.41. The molecule has 0 unspecified atom stereocenters. The third-order valence-corrected chi connectivity index (χ3v) is 19.1. The second-order valence-electron chi connectivity index (χ2n) is 18.9. The van der Waals surface area contributed by atoms with Crippen LogP contribution in [0.1, 0.15) is 43.0 Å². The number of alkyl halides is 3. The van der Waals surface area contributed by atoms with Gasteiger partial charge in [0.25, 0.3) is 11.8 Å². The monoisotopic (exact) mass is 1230 g/mol. The number of imidazole rings is 1. The standard InChI is InChI=1S/C39H32N4O7S2.C21H14ClF3N4O3S/c1-49-31-13-18-34(50-2)36(23-31)52(47,48)33-16-10-28(11-17-33)25-43(39(44)30-12-19-37-40-21-22-42(37)26-30)24-27-8-14-32(15-9-27)51(45,46)35-7-3-5-29-6-4-20-41-38(29)35;22-15-3-6-18(17(8-15)21(23,24)25)33(31,32)16-4-1-12(2-5-16)9-27-20(30)14-7-13-11-28-29-19(13)26-10-14/h3-23,26H,24-25H2,1-2H3;1-8,10-11H,9H2,(H,27,30)(H,26,28,29). The Morgan fingerprint density at radius 2 is 1.26 bits per heavy atom. The van der Waals surface area contributed by atoms with Crippen molar-refractivity contribution in [2.45, 2.75) is 55.2 Å². The Morgan fingerprint density at radius 1 is 0.624 bits per heavy atom. The van der Waals surface area contributed by atoms with Crippen LogP contribution in [-0.4, -0.2) is 85.7 Å². The molecule has 85 heavy (non-hydrogen) atoms. The summed E-state index contributed by atoms with van der Waals surface area (Å²) in [5, 5.41) is 10.3. The summed E-state index contributed by atoms with van der Waals surface area (Å²) in [6, 6.07) is 38.6. The molecule has 0 fully saturated rings. The molecule has 18 nitrogen and oxygen atoms in total. The summed E-state index contributed by atoms with van der Waals surface area (Å²) >= 11 is 5.63. The highest BCUT2D eigenvalue weighted by atomic mass is 35.5. The summed E-state index contributed by atoms with van der Waals surface area (Å²) in [4.78, 5) is 39.7. The summed E-state index contributed by atoms with van der Waals surface area (Å²) < 4.78 is 133. The number of aromatic nitrogens is 6. The van der Waals surface area contributed by atoms with Crippen molar-refractivity contribution in [1.29, 1.82) is 0 Å². The van der Waals surface area contributed by atoms with Gasteiger partial charge in [-0.2, -0.15) is 18.3 Å². The minimum absolute atomic E-state index is 0.0315. The van der Waals surface area contributed by atoms with Crippen molar-refractivity contribution in [3.63, 3.8) is 0 Å². The van der Waals surface area contributed by atoms with E-state index in [1.807, 2.05) is 12.1 Å². The maximum absolute atomic E-state index is 14.1. The van der Waals surface area contributed by atoms with Gasteiger partial charge in [0.1, 0.15) is 22.0 Å². The second-order valence-corrected chi connectivity index (χ2v) is 25.1. The van der Waals surface area contributed by atoms with Crippen molar-refractivity contribution in [3.8, 4) is 11.5 Å². The second kappa shape index (κ2) is 24.0. The first-order valence-corrected chi connectivity index (χ1v) is 30.2. The van der Waals surface area contributed by atoms with Gasteiger partial charge in [-0.3, -0.25) is 19.7 Å². The lowest BCUT2D eigenvalue weighted by Gasteiger charge is -2.24. The van der Waals surface area contributed by atoms with E-state index < -0.39 is 52.1 Å². The van der Waals surface area contributed by atoms with Gasteiger partial charge in [0.05, 0.1) is 67.1 Å². The van der Waals surface area contributed by atoms with Crippen LogP contribution in [0.5, 0.6) is 11.5 Å². The average molecular weight is 1230 g/mol. The number of carbonyl (C=O) groups excluding carboxylic acids is 2. The fraction of sp³-hybridized carbons (Fsp3) is 0.100. The van der Waals surface area contributed by atoms with Gasteiger partial charge in [0, 0.05) is 72.5 Å². The van der Waals surface area contributed by atoms with Crippen LogP contribution in [0.2, 0.25) is 5.02 Å². The Kier molecular flexibility index (Phi) is 16.6. The highest BCUT2D eigenvalue weighted by molar-refractivity contribution is 7.92. The molecule has 0 atom stereocenters. The van der Waals surface area contributed by atoms with Crippen LogP contribution in [0.15, 0.2) is 224 Å². The zero-order valence-corrected chi connectivity index (χ0v) is 47.8. The fourth-order valence-electron chi connectivity index (χ4n) is 9.08. The molecule has 0 saturated carbocycles. The molecule has 0 bridgehead atoms. The minimum atomic E-state index is -4.90. The van der Waals surface area contributed by atoms with Crippen molar-refractivity contribution in [2.24, 2.45) is 0 Å². The number of methoxy groups -OCH3 is 2. The van der Waals surface area contributed by atoms with Crippen LogP contribution in [0.3, 0.4) is 0 Å². The third-order valence-electron chi connectivity index (χ3n) is 13.5. The highest BCUT2D eigenvalue weighted by Gasteiger charge is 2.38. The highest BCUT2D eigenvalue weighted by Crippen LogP contribution is 2.39. The first kappa shape index (κ1) is 58.7. The molecule has 0 aliphatic rings. The lowest BCUT2D eigenvalue weighted by Crippen LogP contribution is -2.30. The van der Waals surface area contributed by atoms with E-state index in [4.69, 9.17) is 21.1 Å². The predicted molar refractivity (Wildman–Crippen MR) is 307 cm³/mol. The normalized spacial score (nSPS) is 11.9. The number of amides is 2. The molecule has 0 saturated heterocycles. The minimum Gasteiger partial charge on any atom is -0.497 e. The third kappa shape index (κ3) is 12.6. The first-order valence-electron chi connectivity index (χ1n) is 25.4. The number of hydrogen-bond donors (Lipinski definition) is 2. The number of para-hydroxylation sites is 1.